The Morgan fingerprint density at radius 1 is 1.32 bits per heavy atom. The smallest absolute Gasteiger partial charge is 0.338 e. The fraction of sp³-hybridized carbons (Fsp3) is 0.562. The summed E-state index contributed by atoms with van der Waals surface area (Å²) in [5.41, 5.74) is 1.77. The van der Waals surface area contributed by atoms with Gasteiger partial charge >= 0.3 is 5.97 Å². The van der Waals surface area contributed by atoms with Gasteiger partial charge in [0.1, 0.15) is 6.10 Å². The fourth-order valence-corrected chi connectivity index (χ4v) is 1.93. The topological polar surface area (TPSA) is 35.5 Å². The van der Waals surface area contributed by atoms with E-state index in [2.05, 4.69) is 13.8 Å². The van der Waals surface area contributed by atoms with Crippen molar-refractivity contribution in [2.24, 2.45) is 0 Å². The molecule has 0 amide bonds. The van der Waals surface area contributed by atoms with Crippen LogP contribution in [0.5, 0.6) is 0 Å². The number of ether oxygens (including phenoxy) is 2. The van der Waals surface area contributed by atoms with Crippen molar-refractivity contribution < 1.29 is 14.3 Å². The molecule has 0 heterocycles. The van der Waals surface area contributed by atoms with Crippen LogP contribution in [0.2, 0.25) is 0 Å². The lowest BCUT2D eigenvalue weighted by molar-refractivity contribution is 0.00251. The first kappa shape index (κ1) is 15.7. The molecule has 1 rings (SSSR count). The van der Waals surface area contributed by atoms with Crippen LogP contribution >= 0.6 is 0 Å². The van der Waals surface area contributed by atoms with Crippen LogP contribution in [0, 0.1) is 0 Å². The van der Waals surface area contributed by atoms with Crippen molar-refractivity contribution in [1.29, 1.82) is 0 Å². The SMILES string of the molecule is CCCCC(COC)OC(=O)c1cccc(CC)c1. The summed E-state index contributed by atoms with van der Waals surface area (Å²) in [6.07, 6.45) is 3.74. The molecule has 0 saturated carbocycles. The second-order valence-corrected chi connectivity index (χ2v) is 4.68. The standard InChI is InChI=1S/C16H24O3/c1-4-6-10-15(12-18-3)19-16(17)14-9-7-8-13(5-2)11-14/h7-9,11,15H,4-6,10,12H2,1-3H3. The van der Waals surface area contributed by atoms with Crippen molar-refractivity contribution in [3.63, 3.8) is 0 Å². The Morgan fingerprint density at radius 3 is 2.74 bits per heavy atom. The molecule has 0 bridgehead atoms. The highest BCUT2D eigenvalue weighted by atomic mass is 16.6. The molecule has 0 radical (unpaired) electrons. The van der Waals surface area contributed by atoms with E-state index >= 15 is 0 Å². The third-order valence-electron chi connectivity index (χ3n) is 3.08. The molecular weight excluding hydrogens is 240 g/mol. The van der Waals surface area contributed by atoms with E-state index in [1.165, 1.54) is 0 Å². The predicted molar refractivity (Wildman–Crippen MR) is 76.4 cm³/mol. The average Bonchev–Trinajstić information content (AvgIpc) is 2.45. The Bertz CT molecular complexity index is 387. The number of esters is 1. The quantitative estimate of drug-likeness (QED) is 0.673. The molecular formula is C16H24O3. The van der Waals surface area contributed by atoms with Gasteiger partial charge in [0.05, 0.1) is 12.2 Å². The van der Waals surface area contributed by atoms with Crippen LogP contribution in [0.1, 0.15) is 49.0 Å². The summed E-state index contributed by atoms with van der Waals surface area (Å²) in [4.78, 5) is 12.1. The first-order chi connectivity index (χ1) is 9.21. The van der Waals surface area contributed by atoms with Gasteiger partial charge in [0.15, 0.2) is 0 Å². The van der Waals surface area contributed by atoms with Crippen LogP contribution < -0.4 is 0 Å². The number of methoxy groups -OCH3 is 1. The van der Waals surface area contributed by atoms with Gasteiger partial charge in [-0.2, -0.15) is 0 Å². The van der Waals surface area contributed by atoms with E-state index in [0.717, 1.165) is 31.2 Å². The zero-order valence-corrected chi connectivity index (χ0v) is 12.1. The fourth-order valence-electron chi connectivity index (χ4n) is 1.93. The van der Waals surface area contributed by atoms with Crippen molar-refractivity contribution >= 4 is 5.97 Å². The number of hydrogen-bond donors (Lipinski definition) is 0. The van der Waals surface area contributed by atoms with Gasteiger partial charge in [-0.05, 0) is 37.0 Å². The summed E-state index contributed by atoms with van der Waals surface area (Å²) in [6.45, 7) is 4.65. The molecule has 0 spiro atoms. The Hall–Kier alpha value is -1.35. The minimum atomic E-state index is -0.256. The summed E-state index contributed by atoms with van der Waals surface area (Å²) in [7, 11) is 1.63. The molecule has 0 aliphatic carbocycles. The van der Waals surface area contributed by atoms with Crippen LogP contribution in [0.25, 0.3) is 0 Å². The van der Waals surface area contributed by atoms with Gasteiger partial charge in [0.2, 0.25) is 0 Å². The predicted octanol–water partition coefficient (Wildman–Crippen LogP) is 3.61. The van der Waals surface area contributed by atoms with E-state index in [0.29, 0.717) is 12.2 Å². The van der Waals surface area contributed by atoms with Gasteiger partial charge in [-0.15, -0.1) is 0 Å². The van der Waals surface area contributed by atoms with Gasteiger partial charge < -0.3 is 9.47 Å². The maximum absolute atomic E-state index is 12.1. The third kappa shape index (κ3) is 5.43. The maximum Gasteiger partial charge on any atom is 0.338 e. The highest BCUT2D eigenvalue weighted by molar-refractivity contribution is 5.89. The van der Waals surface area contributed by atoms with Crippen LogP contribution in [-0.2, 0) is 15.9 Å². The zero-order chi connectivity index (χ0) is 14.1. The molecule has 0 aliphatic heterocycles. The summed E-state index contributed by atoms with van der Waals surface area (Å²) < 4.78 is 10.6. The number of hydrogen-bond acceptors (Lipinski definition) is 3. The molecule has 1 aromatic carbocycles. The first-order valence-electron chi connectivity index (χ1n) is 7.00. The summed E-state index contributed by atoms with van der Waals surface area (Å²) >= 11 is 0. The lowest BCUT2D eigenvalue weighted by Crippen LogP contribution is -2.23. The van der Waals surface area contributed by atoms with Gasteiger partial charge in [-0.25, -0.2) is 4.79 Å². The van der Waals surface area contributed by atoms with E-state index in [1.807, 2.05) is 18.2 Å². The zero-order valence-electron chi connectivity index (χ0n) is 12.1. The van der Waals surface area contributed by atoms with Crippen molar-refractivity contribution in [3.05, 3.63) is 35.4 Å². The normalized spacial score (nSPS) is 12.2. The second kappa shape index (κ2) is 8.70. The molecule has 0 aromatic heterocycles. The minimum Gasteiger partial charge on any atom is -0.456 e. The van der Waals surface area contributed by atoms with Crippen LogP contribution in [0.15, 0.2) is 24.3 Å². The number of rotatable bonds is 8. The lowest BCUT2D eigenvalue weighted by atomic mass is 10.1. The van der Waals surface area contributed by atoms with Crippen molar-refractivity contribution in [2.75, 3.05) is 13.7 Å². The average molecular weight is 264 g/mol. The molecule has 106 valence electrons. The third-order valence-corrected chi connectivity index (χ3v) is 3.08. The molecule has 1 aromatic rings. The lowest BCUT2D eigenvalue weighted by Gasteiger charge is -2.17. The van der Waals surface area contributed by atoms with Gasteiger partial charge in [0.25, 0.3) is 0 Å². The molecule has 1 atom stereocenters. The number of carbonyl (C=O) groups excluding carboxylic acids is 1. The van der Waals surface area contributed by atoms with E-state index in [-0.39, 0.29) is 12.1 Å². The van der Waals surface area contributed by atoms with Gasteiger partial charge in [-0.1, -0.05) is 32.4 Å². The van der Waals surface area contributed by atoms with Crippen molar-refractivity contribution in [1.82, 2.24) is 0 Å². The Balaban J connectivity index is 2.64. The molecule has 3 nitrogen and oxygen atoms in total. The monoisotopic (exact) mass is 264 g/mol. The Kier molecular flexibility index (Phi) is 7.19. The Morgan fingerprint density at radius 2 is 2.11 bits per heavy atom. The number of benzene rings is 1. The highest BCUT2D eigenvalue weighted by Crippen LogP contribution is 2.12. The molecule has 1 unspecified atom stereocenters. The van der Waals surface area contributed by atoms with E-state index in [9.17, 15) is 4.79 Å². The summed E-state index contributed by atoms with van der Waals surface area (Å²) in [6, 6.07) is 7.60. The number of carbonyl (C=O) groups is 1. The summed E-state index contributed by atoms with van der Waals surface area (Å²) in [5.74, 6) is -0.256. The largest absolute Gasteiger partial charge is 0.456 e. The van der Waals surface area contributed by atoms with Crippen LogP contribution in [0.3, 0.4) is 0 Å². The van der Waals surface area contributed by atoms with E-state index < -0.39 is 0 Å². The van der Waals surface area contributed by atoms with Crippen LogP contribution in [0.4, 0.5) is 0 Å². The second-order valence-electron chi connectivity index (χ2n) is 4.68. The molecule has 0 N–H and O–H groups in total. The van der Waals surface area contributed by atoms with E-state index in [4.69, 9.17) is 9.47 Å². The Labute approximate surface area is 115 Å². The number of unbranched alkanes of at least 4 members (excludes halogenated alkanes) is 1. The highest BCUT2D eigenvalue weighted by Gasteiger charge is 2.15. The molecule has 19 heavy (non-hydrogen) atoms. The first-order valence-corrected chi connectivity index (χ1v) is 7.00. The van der Waals surface area contributed by atoms with Gasteiger partial charge in [0, 0.05) is 7.11 Å². The number of aryl methyl sites for hydroxylation is 1. The van der Waals surface area contributed by atoms with Crippen LogP contribution in [-0.4, -0.2) is 25.8 Å². The molecule has 0 aliphatic rings. The minimum absolute atomic E-state index is 0.150. The molecule has 0 fully saturated rings. The van der Waals surface area contributed by atoms with Crippen molar-refractivity contribution in [3.8, 4) is 0 Å². The molecule has 3 heteroatoms. The summed E-state index contributed by atoms with van der Waals surface area (Å²) in [5, 5.41) is 0. The van der Waals surface area contributed by atoms with Crippen molar-refractivity contribution in [2.45, 2.75) is 45.6 Å². The maximum atomic E-state index is 12.1. The molecule has 0 saturated heterocycles. The van der Waals surface area contributed by atoms with Gasteiger partial charge in [-0.3, -0.25) is 0 Å². The van der Waals surface area contributed by atoms with E-state index in [1.54, 1.807) is 13.2 Å².